The summed E-state index contributed by atoms with van der Waals surface area (Å²) < 4.78 is 11.6. The summed E-state index contributed by atoms with van der Waals surface area (Å²) in [5, 5.41) is 1.21. The fraction of sp³-hybridized carbons (Fsp3) is 0.409. The summed E-state index contributed by atoms with van der Waals surface area (Å²) >= 11 is 12.6. The number of anilines is 2. The quantitative estimate of drug-likeness (QED) is 0.600. The Labute approximate surface area is 195 Å². The average Bonchev–Trinajstić information content (AvgIpc) is 2.97. The Morgan fingerprint density at radius 2 is 2.06 bits per heavy atom. The smallest absolute Gasteiger partial charge is 0.293 e. The molecule has 0 saturated carbocycles. The maximum Gasteiger partial charge on any atom is 0.293 e. The summed E-state index contributed by atoms with van der Waals surface area (Å²) in [6, 6.07) is 3.63. The van der Waals surface area contributed by atoms with Crippen molar-refractivity contribution in [3.05, 3.63) is 45.7 Å². The van der Waals surface area contributed by atoms with E-state index in [4.69, 9.17) is 38.1 Å². The van der Waals surface area contributed by atoms with Crippen LogP contribution >= 0.6 is 23.2 Å². The molecule has 0 spiro atoms. The third kappa shape index (κ3) is 3.76. The molecule has 2 N–H and O–H groups in total. The van der Waals surface area contributed by atoms with Crippen LogP contribution < -0.4 is 10.6 Å². The lowest BCUT2D eigenvalue weighted by Crippen LogP contribution is -2.45. The van der Waals surface area contributed by atoms with Gasteiger partial charge in [0.15, 0.2) is 5.58 Å². The molecule has 10 heteroatoms. The Bertz CT molecular complexity index is 1180. The average molecular weight is 476 g/mol. The molecule has 4 heterocycles. The lowest BCUT2D eigenvalue weighted by molar-refractivity contribution is -0.146. The number of ether oxygens (including phenoxy) is 1. The SMILES string of the molecule is C[C@H]1c2c(Cl)cc(Cl)cc2CCN1C(=O)C1CCN(c2cncc3nc(N)oc23)CCO1. The first-order chi connectivity index (χ1) is 15.4. The number of nitrogens with zero attached hydrogens (tertiary/aromatic N) is 4. The molecule has 5 rings (SSSR count). The van der Waals surface area contributed by atoms with Crippen molar-refractivity contribution in [2.45, 2.75) is 31.9 Å². The number of pyridine rings is 1. The number of oxazole rings is 1. The van der Waals surface area contributed by atoms with Crippen LogP contribution in [0.4, 0.5) is 11.7 Å². The van der Waals surface area contributed by atoms with E-state index >= 15 is 0 Å². The number of nitrogens with two attached hydrogens (primary N) is 1. The van der Waals surface area contributed by atoms with E-state index in [9.17, 15) is 4.79 Å². The molecular formula is C22H23Cl2N5O3. The highest BCUT2D eigenvalue weighted by Crippen LogP contribution is 2.37. The van der Waals surface area contributed by atoms with E-state index in [1.165, 1.54) is 0 Å². The lowest BCUT2D eigenvalue weighted by atomic mass is 9.93. The summed E-state index contributed by atoms with van der Waals surface area (Å²) in [4.78, 5) is 25.8. The van der Waals surface area contributed by atoms with Crippen LogP contribution in [0.2, 0.25) is 10.0 Å². The van der Waals surface area contributed by atoms with Crippen molar-refractivity contribution in [3.8, 4) is 0 Å². The van der Waals surface area contributed by atoms with Gasteiger partial charge in [-0.15, -0.1) is 0 Å². The van der Waals surface area contributed by atoms with Crippen molar-refractivity contribution in [1.82, 2.24) is 14.9 Å². The van der Waals surface area contributed by atoms with Gasteiger partial charge in [-0.05, 0) is 36.6 Å². The molecule has 32 heavy (non-hydrogen) atoms. The van der Waals surface area contributed by atoms with Crippen LogP contribution in [0, 0.1) is 0 Å². The Hall–Kier alpha value is -2.55. The number of rotatable bonds is 2. The molecule has 2 aliphatic rings. The second-order valence-electron chi connectivity index (χ2n) is 8.11. The number of carbonyl (C=O) groups excluding carboxylic acids is 1. The number of fused-ring (bicyclic) bond motifs is 2. The van der Waals surface area contributed by atoms with Gasteiger partial charge in [0, 0.05) is 36.1 Å². The number of benzene rings is 1. The molecule has 2 atom stereocenters. The summed E-state index contributed by atoms with van der Waals surface area (Å²) in [7, 11) is 0. The van der Waals surface area contributed by atoms with Gasteiger partial charge >= 0.3 is 0 Å². The fourth-order valence-corrected chi connectivity index (χ4v) is 5.37. The van der Waals surface area contributed by atoms with E-state index in [1.54, 1.807) is 18.5 Å². The van der Waals surface area contributed by atoms with Gasteiger partial charge in [0.05, 0.1) is 25.0 Å². The number of hydrogen-bond donors (Lipinski definition) is 1. The Morgan fingerprint density at radius 1 is 1.22 bits per heavy atom. The first-order valence-electron chi connectivity index (χ1n) is 10.6. The zero-order chi connectivity index (χ0) is 22.4. The summed E-state index contributed by atoms with van der Waals surface area (Å²) in [5.41, 5.74) is 9.77. The summed E-state index contributed by atoms with van der Waals surface area (Å²) in [5.74, 6) is -0.0174. The number of nitrogen functional groups attached to an aromatic ring is 1. The van der Waals surface area contributed by atoms with E-state index in [0.29, 0.717) is 60.2 Å². The first-order valence-corrected chi connectivity index (χ1v) is 11.3. The molecule has 1 aromatic carbocycles. The lowest BCUT2D eigenvalue weighted by Gasteiger charge is -2.37. The van der Waals surface area contributed by atoms with Crippen LogP contribution in [-0.2, 0) is 16.0 Å². The molecule has 0 radical (unpaired) electrons. The van der Waals surface area contributed by atoms with Crippen LogP contribution in [0.25, 0.3) is 11.1 Å². The molecule has 168 valence electrons. The minimum absolute atomic E-state index is 0.0174. The van der Waals surface area contributed by atoms with Crippen molar-refractivity contribution in [2.24, 2.45) is 0 Å². The second kappa shape index (κ2) is 8.42. The van der Waals surface area contributed by atoms with Crippen molar-refractivity contribution in [2.75, 3.05) is 36.9 Å². The zero-order valence-corrected chi connectivity index (χ0v) is 19.1. The molecule has 1 saturated heterocycles. The first kappa shape index (κ1) is 21.3. The molecule has 8 nitrogen and oxygen atoms in total. The van der Waals surface area contributed by atoms with Gasteiger partial charge in [0.25, 0.3) is 11.9 Å². The van der Waals surface area contributed by atoms with Crippen LogP contribution in [0.1, 0.15) is 30.5 Å². The fourth-order valence-electron chi connectivity index (χ4n) is 4.68. The molecule has 1 fully saturated rings. The topological polar surface area (TPSA) is 97.7 Å². The minimum Gasteiger partial charge on any atom is -0.421 e. The minimum atomic E-state index is -0.526. The van der Waals surface area contributed by atoms with Gasteiger partial charge in [0.2, 0.25) is 0 Å². The summed E-state index contributed by atoms with van der Waals surface area (Å²) in [6.45, 7) is 4.24. The normalized spacial score (nSPS) is 21.5. The standard InChI is InChI=1S/C22H23Cl2N5O3/c1-12-19-13(8-14(23)9-15(19)24)2-5-29(12)21(30)18-3-4-28(6-7-31-18)17-11-26-10-16-20(17)32-22(25)27-16/h8-12,18H,2-7H2,1H3,(H2,25,27)/t12-,18?/m0/s1. The van der Waals surface area contributed by atoms with Crippen LogP contribution in [0.3, 0.4) is 0 Å². The molecular weight excluding hydrogens is 453 g/mol. The third-order valence-corrected chi connectivity index (χ3v) is 6.76. The number of amides is 1. The van der Waals surface area contributed by atoms with Crippen molar-refractivity contribution < 1.29 is 13.9 Å². The summed E-state index contributed by atoms with van der Waals surface area (Å²) in [6.07, 6.45) is 4.08. The molecule has 1 amide bonds. The van der Waals surface area contributed by atoms with Crippen molar-refractivity contribution in [1.29, 1.82) is 0 Å². The van der Waals surface area contributed by atoms with Crippen LogP contribution in [0.5, 0.6) is 0 Å². The van der Waals surface area contributed by atoms with E-state index in [-0.39, 0.29) is 18.0 Å². The van der Waals surface area contributed by atoms with E-state index in [0.717, 1.165) is 16.8 Å². The van der Waals surface area contributed by atoms with Crippen molar-refractivity contribution >= 4 is 51.9 Å². The zero-order valence-electron chi connectivity index (χ0n) is 17.6. The highest BCUT2D eigenvalue weighted by Gasteiger charge is 2.35. The monoisotopic (exact) mass is 475 g/mol. The van der Waals surface area contributed by atoms with Crippen molar-refractivity contribution in [3.63, 3.8) is 0 Å². The Kier molecular flexibility index (Phi) is 5.61. The second-order valence-corrected chi connectivity index (χ2v) is 8.96. The molecule has 0 aliphatic carbocycles. The molecule has 0 bridgehead atoms. The van der Waals surface area contributed by atoms with E-state index in [2.05, 4.69) is 14.9 Å². The Balaban J connectivity index is 1.33. The van der Waals surface area contributed by atoms with Gasteiger partial charge in [-0.2, -0.15) is 4.98 Å². The predicted octanol–water partition coefficient (Wildman–Crippen LogP) is 3.85. The van der Waals surface area contributed by atoms with Gasteiger partial charge in [-0.3, -0.25) is 9.78 Å². The molecule has 2 aromatic heterocycles. The molecule has 1 unspecified atom stereocenters. The largest absolute Gasteiger partial charge is 0.421 e. The van der Waals surface area contributed by atoms with Gasteiger partial charge < -0.3 is 24.7 Å². The molecule has 2 aliphatic heterocycles. The highest BCUT2D eigenvalue weighted by molar-refractivity contribution is 6.35. The van der Waals surface area contributed by atoms with E-state index in [1.807, 2.05) is 17.9 Å². The maximum absolute atomic E-state index is 13.4. The number of hydrogen-bond acceptors (Lipinski definition) is 7. The van der Waals surface area contributed by atoms with Gasteiger partial charge in [0.1, 0.15) is 17.3 Å². The van der Waals surface area contributed by atoms with Crippen LogP contribution in [-0.4, -0.2) is 53.1 Å². The number of aromatic nitrogens is 2. The van der Waals surface area contributed by atoms with Gasteiger partial charge in [-0.25, -0.2) is 0 Å². The predicted molar refractivity (Wildman–Crippen MR) is 123 cm³/mol. The van der Waals surface area contributed by atoms with Gasteiger partial charge in [-0.1, -0.05) is 23.2 Å². The number of halogens is 2. The molecule has 3 aromatic rings. The highest BCUT2D eigenvalue weighted by atomic mass is 35.5. The third-order valence-electron chi connectivity index (χ3n) is 6.22. The van der Waals surface area contributed by atoms with E-state index < -0.39 is 6.10 Å². The Morgan fingerprint density at radius 3 is 2.91 bits per heavy atom. The van der Waals surface area contributed by atoms with Crippen LogP contribution in [0.15, 0.2) is 28.9 Å². The number of carbonyl (C=O) groups is 1. The maximum atomic E-state index is 13.4.